The Morgan fingerprint density at radius 3 is 2.61 bits per heavy atom. The molecule has 3 heterocycles. The van der Waals surface area contributed by atoms with Crippen LogP contribution in [0, 0.1) is 5.92 Å². The van der Waals surface area contributed by atoms with E-state index in [1.54, 1.807) is 11.6 Å². The molecular weight excluding hydrogens is 358 g/mol. The lowest BCUT2D eigenvalue weighted by Crippen LogP contribution is -2.30. The third kappa shape index (κ3) is 2.94. The molecule has 3 N–H and O–H groups in total. The van der Waals surface area contributed by atoms with Crippen LogP contribution in [-0.4, -0.2) is 54.8 Å². The van der Waals surface area contributed by atoms with E-state index in [4.69, 9.17) is 9.84 Å². The maximum absolute atomic E-state index is 10.5. The standard InChI is InChI=1S/C20H23N5O3/c1-11-16(26)17(27)20(28-11)25-19-14(15(24-25)13-5-3-2-4-6-13)18(22-10-23-19)21-9-12-7-8-12/h2-6,10-12,16-17,20,26-27H,7-9H2,1H3,(H,21,22,23)/t11-,16-,17-,20-/m1/s1. The van der Waals surface area contributed by atoms with E-state index in [1.807, 2.05) is 30.3 Å². The Hall–Kier alpha value is -2.55. The van der Waals surface area contributed by atoms with Gasteiger partial charge in [0.05, 0.1) is 11.5 Å². The zero-order chi connectivity index (χ0) is 19.3. The van der Waals surface area contributed by atoms with Crippen molar-refractivity contribution in [2.45, 2.75) is 44.3 Å². The van der Waals surface area contributed by atoms with Gasteiger partial charge in [-0.25, -0.2) is 14.6 Å². The zero-order valence-corrected chi connectivity index (χ0v) is 15.6. The molecule has 2 aromatic heterocycles. The Balaban J connectivity index is 1.66. The lowest BCUT2D eigenvalue weighted by molar-refractivity contribution is -0.0370. The summed E-state index contributed by atoms with van der Waals surface area (Å²) in [4.78, 5) is 8.89. The Morgan fingerprint density at radius 2 is 1.93 bits per heavy atom. The lowest BCUT2D eigenvalue weighted by atomic mass is 10.1. The van der Waals surface area contributed by atoms with Crippen LogP contribution in [-0.2, 0) is 4.74 Å². The second-order valence-corrected chi connectivity index (χ2v) is 7.62. The fourth-order valence-electron chi connectivity index (χ4n) is 3.68. The molecule has 1 saturated carbocycles. The molecule has 1 aromatic carbocycles. The van der Waals surface area contributed by atoms with Crippen LogP contribution in [0.25, 0.3) is 22.3 Å². The largest absolute Gasteiger partial charge is 0.388 e. The van der Waals surface area contributed by atoms with E-state index in [0.29, 0.717) is 11.6 Å². The lowest BCUT2D eigenvalue weighted by Gasteiger charge is -2.15. The van der Waals surface area contributed by atoms with Gasteiger partial charge in [-0.15, -0.1) is 0 Å². The molecule has 1 aliphatic heterocycles. The molecular formula is C20H23N5O3. The molecule has 1 aliphatic carbocycles. The summed E-state index contributed by atoms with van der Waals surface area (Å²) in [6.07, 6.45) is 0.614. The third-order valence-electron chi connectivity index (χ3n) is 5.51. The van der Waals surface area contributed by atoms with E-state index in [0.717, 1.165) is 29.0 Å². The van der Waals surface area contributed by atoms with Gasteiger partial charge in [-0.2, -0.15) is 5.10 Å². The molecule has 8 nitrogen and oxygen atoms in total. The molecule has 2 fully saturated rings. The van der Waals surface area contributed by atoms with Crippen molar-refractivity contribution < 1.29 is 14.9 Å². The summed E-state index contributed by atoms with van der Waals surface area (Å²) in [5.74, 6) is 1.42. The zero-order valence-electron chi connectivity index (χ0n) is 15.6. The number of nitrogens with one attached hydrogen (secondary N) is 1. The number of benzene rings is 1. The van der Waals surface area contributed by atoms with Gasteiger partial charge in [-0.3, -0.25) is 0 Å². The molecule has 1 saturated heterocycles. The van der Waals surface area contributed by atoms with E-state index >= 15 is 0 Å². The Morgan fingerprint density at radius 1 is 1.14 bits per heavy atom. The highest BCUT2D eigenvalue weighted by Crippen LogP contribution is 2.37. The summed E-state index contributed by atoms with van der Waals surface area (Å²) in [6.45, 7) is 2.60. The monoisotopic (exact) mass is 381 g/mol. The van der Waals surface area contributed by atoms with Crippen LogP contribution < -0.4 is 5.32 Å². The predicted octanol–water partition coefficient (Wildman–Crippen LogP) is 1.95. The quantitative estimate of drug-likeness (QED) is 0.620. The van der Waals surface area contributed by atoms with Crippen molar-refractivity contribution in [3.05, 3.63) is 36.7 Å². The highest BCUT2D eigenvalue weighted by atomic mass is 16.6. The molecule has 0 bridgehead atoms. The Bertz CT molecular complexity index is 988. The van der Waals surface area contributed by atoms with Crippen LogP contribution in [0.2, 0.25) is 0 Å². The van der Waals surface area contributed by atoms with Crippen LogP contribution in [0.1, 0.15) is 26.0 Å². The van der Waals surface area contributed by atoms with Gasteiger partial charge in [0.2, 0.25) is 0 Å². The number of fused-ring (bicyclic) bond motifs is 1. The van der Waals surface area contributed by atoms with Crippen LogP contribution in [0.3, 0.4) is 0 Å². The van der Waals surface area contributed by atoms with Crippen molar-refractivity contribution in [1.82, 2.24) is 19.7 Å². The summed E-state index contributed by atoms with van der Waals surface area (Å²) in [7, 11) is 0. The summed E-state index contributed by atoms with van der Waals surface area (Å²) >= 11 is 0. The van der Waals surface area contributed by atoms with Crippen molar-refractivity contribution in [3.63, 3.8) is 0 Å². The highest BCUT2D eigenvalue weighted by Gasteiger charge is 2.43. The fourth-order valence-corrected chi connectivity index (χ4v) is 3.68. The number of aromatic nitrogens is 4. The molecule has 146 valence electrons. The van der Waals surface area contributed by atoms with E-state index in [2.05, 4.69) is 15.3 Å². The van der Waals surface area contributed by atoms with E-state index in [-0.39, 0.29) is 0 Å². The number of ether oxygens (including phenoxy) is 1. The molecule has 0 radical (unpaired) electrons. The van der Waals surface area contributed by atoms with Crippen LogP contribution >= 0.6 is 0 Å². The van der Waals surface area contributed by atoms with Crippen LogP contribution in [0.15, 0.2) is 36.7 Å². The molecule has 3 aromatic rings. The molecule has 0 spiro atoms. The first-order valence-corrected chi connectivity index (χ1v) is 9.67. The molecule has 8 heteroatoms. The maximum Gasteiger partial charge on any atom is 0.181 e. The number of nitrogens with zero attached hydrogens (tertiary/aromatic N) is 4. The number of aliphatic hydroxyl groups excluding tert-OH is 2. The molecule has 5 rings (SSSR count). The molecule has 0 amide bonds. The van der Waals surface area contributed by atoms with Crippen molar-refractivity contribution in [2.24, 2.45) is 5.92 Å². The molecule has 28 heavy (non-hydrogen) atoms. The van der Waals surface area contributed by atoms with Crippen molar-refractivity contribution >= 4 is 16.9 Å². The molecule has 4 atom stereocenters. The van der Waals surface area contributed by atoms with Gasteiger partial charge in [0.25, 0.3) is 0 Å². The number of hydrogen-bond acceptors (Lipinski definition) is 7. The topological polar surface area (TPSA) is 105 Å². The first-order valence-electron chi connectivity index (χ1n) is 9.67. The SMILES string of the molecule is C[C@H]1O[C@@H](n2nc(-c3ccccc3)c3c(NCC4CC4)ncnc32)[C@H](O)[C@@H]1O. The summed E-state index contributed by atoms with van der Waals surface area (Å²) in [5.41, 5.74) is 2.22. The number of aliphatic hydroxyl groups is 2. The fraction of sp³-hybridized carbons (Fsp3) is 0.450. The van der Waals surface area contributed by atoms with E-state index < -0.39 is 24.5 Å². The molecule has 2 aliphatic rings. The van der Waals surface area contributed by atoms with Crippen molar-refractivity contribution in [2.75, 3.05) is 11.9 Å². The van der Waals surface area contributed by atoms with Gasteiger partial charge < -0.3 is 20.3 Å². The average molecular weight is 381 g/mol. The van der Waals surface area contributed by atoms with E-state index in [9.17, 15) is 10.2 Å². The number of rotatable bonds is 5. The normalized spacial score (nSPS) is 27.4. The second-order valence-electron chi connectivity index (χ2n) is 7.62. The number of anilines is 1. The minimum atomic E-state index is -1.08. The highest BCUT2D eigenvalue weighted by molar-refractivity contribution is 5.99. The molecule has 0 unspecified atom stereocenters. The van der Waals surface area contributed by atoms with Crippen LogP contribution in [0.4, 0.5) is 5.82 Å². The maximum atomic E-state index is 10.5. The van der Waals surface area contributed by atoms with Gasteiger partial charge in [0, 0.05) is 12.1 Å². The van der Waals surface area contributed by atoms with Gasteiger partial charge in [-0.1, -0.05) is 30.3 Å². The smallest absolute Gasteiger partial charge is 0.181 e. The van der Waals surface area contributed by atoms with Crippen LogP contribution in [0.5, 0.6) is 0 Å². The third-order valence-corrected chi connectivity index (χ3v) is 5.51. The predicted molar refractivity (Wildman–Crippen MR) is 104 cm³/mol. The van der Waals surface area contributed by atoms with Gasteiger partial charge in [0.1, 0.15) is 30.0 Å². The van der Waals surface area contributed by atoms with Crippen molar-refractivity contribution in [1.29, 1.82) is 0 Å². The first-order chi connectivity index (χ1) is 13.6. The van der Waals surface area contributed by atoms with Crippen molar-refractivity contribution in [3.8, 4) is 11.3 Å². The minimum absolute atomic E-state index is 0.492. The summed E-state index contributed by atoms with van der Waals surface area (Å²) < 4.78 is 7.37. The summed E-state index contributed by atoms with van der Waals surface area (Å²) in [5, 5.41) is 29.6. The second kappa shape index (κ2) is 6.80. The minimum Gasteiger partial charge on any atom is -0.388 e. The Labute approximate surface area is 162 Å². The number of hydrogen-bond donors (Lipinski definition) is 3. The average Bonchev–Trinajstić information content (AvgIpc) is 3.43. The first kappa shape index (κ1) is 17.5. The van der Waals surface area contributed by atoms with Gasteiger partial charge in [-0.05, 0) is 25.7 Å². The van der Waals surface area contributed by atoms with Gasteiger partial charge >= 0.3 is 0 Å². The van der Waals surface area contributed by atoms with E-state index in [1.165, 1.54) is 19.2 Å². The van der Waals surface area contributed by atoms with Gasteiger partial charge in [0.15, 0.2) is 11.9 Å². The Kier molecular flexibility index (Phi) is 4.26. The summed E-state index contributed by atoms with van der Waals surface area (Å²) in [6, 6.07) is 9.82.